The van der Waals surface area contributed by atoms with Crippen molar-refractivity contribution in [3.05, 3.63) is 53.9 Å². The Morgan fingerprint density at radius 3 is 2.65 bits per heavy atom. The molecule has 1 aromatic carbocycles. The number of carboxylic acids is 1. The zero-order valence-corrected chi connectivity index (χ0v) is 14.4. The lowest BCUT2D eigenvalue weighted by Crippen LogP contribution is -2.44. The zero-order valence-electron chi connectivity index (χ0n) is 14.4. The minimum Gasteiger partial charge on any atom is -0.486 e. The van der Waals surface area contributed by atoms with Crippen LogP contribution < -0.4 is 9.47 Å². The van der Waals surface area contributed by atoms with Crippen LogP contribution in [0.25, 0.3) is 0 Å². The molecule has 2 heterocycles. The molecule has 1 unspecified atom stereocenters. The number of para-hydroxylation sites is 2. The Kier molecular flexibility index (Phi) is 5.36. The molecule has 0 aliphatic carbocycles. The van der Waals surface area contributed by atoms with Crippen LogP contribution in [0.15, 0.2) is 42.6 Å². The molecule has 136 valence electrons. The van der Waals surface area contributed by atoms with Gasteiger partial charge in [0.15, 0.2) is 17.6 Å². The molecule has 1 amide bonds. The maximum atomic E-state index is 12.8. The first-order valence-electron chi connectivity index (χ1n) is 8.45. The van der Waals surface area contributed by atoms with Gasteiger partial charge in [0.1, 0.15) is 12.3 Å². The van der Waals surface area contributed by atoms with Crippen LogP contribution in [0.1, 0.15) is 34.2 Å². The fraction of sp³-hybridized carbons (Fsp3) is 0.316. The van der Waals surface area contributed by atoms with Gasteiger partial charge in [-0.3, -0.25) is 9.78 Å². The van der Waals surface area contributed by atoms with Crippen molar-refractivity contribution >= 4 is 11.9 Å². The molecule has 1 atom stereocenters. The number of carbonyl (C=O) groups excluding carboxylic acids is 1. The minimum atomic E-state index is -1.08. The normalized spacial score (nSPS) is 15.3. The van der Waals surface area contributed by atoms with E-state index in [1.54, 1.807) is 4.90 Å². The smallest absolute Gasteiger partial charge is 0.337 e. The van der Waals surface area contributed by atoms with E-state index in [4.69, 9.17) is 14.6 Å². The number of fused-ring (bicyclic) bond motifs is 1. The van der Waals surface area contributed by atoms with E-state index in [1.165, 1.54) is 18.3 Å². The molecule has 1 N–H and O–H groups in total. The summed E-state index contributed by atoms with van der Waals surface area (Å²) in [5.74, 6) is 0.0270. The number of pyridine rings is 1. The van der Waals surface area contributed by atoms with Crippen LogP contribution in [0.4, 0.5) is 0 Å². The number of hydrogen-bond acceptors (Lipinski definition) is 5. The largest absolute Gasteiger partial charge is 0.486 e. The van der Waals surface area contributed by atoms with Crippen LogP contribution in [0.3, 0.4) is 0 Å². The molecular formula is C19H20N2O5. The van der Waals surface area contributed by atoms with Gasteiger partial charge in [0.25, 0.3) is 5.91 Å². The van der Waals surface area contributed by atoms with Crippen molar-refractivity contribution in [2.24, 2.45) is 0 Å². The van der Waals surface area contributed by atoms with E-state index in [-0.39, 0.29) is 23.3 Å². The summed E-state index contributed by atoms with van der Waals surface area (Å²) in [6.07, 6.45) is 1.69. The maximum Gasteiger partial charge on any atom is 0.337 e. The summed E-state index contributed by atoms with van der Waals surface area (Å²) in [5, 5.41) is 8.94. The molecule has 1 aliphatic heterocycles. The number of aromatic carboxylic acids is 1. The second-order valence-corrected chi connectivity index (χ2v) is 5.99. The summed E-state index contributed by atoms with van der Waals surface area (Å²) in [6.45, 7) is 3.25. The summed E-state index contributed by atoms with van der Waals surface area (Å²) in [4.78, 5) is 29.3. The highest BCUT2D eigenvalue weighted by Gasteiger charge is 2.26. The van der Waals surface area contributed by atoms with Crippen LogP contribution in [0.2, 0.25) is 0 Å². The SMILES string of the molecule is CCCN(CC1COc2ccccc2O1)C(=O)c1ccc(C(=O)O)cn1. The third-order valence-electron chi connectivity index (χ3n) is 4.00. The number of aromatic nitrogens is 1. The molecule has 7 heteroatoms. The second kappa shape index (κ2) is 7.86. The van der Waals surface area contributed by atoms with Gasteiger partial charge < -0.3 is 19.5 Å². The first-order valence-corrected chi connectivity index (χ1v) is 8.45. The first kappa shape index (κ1) is 17.7. The van der Waals surface area contributed by atoms with Crippen LogP contribution in [-0.4, -0.2) is 52.7 Å². The molecule has 0 saturated heterocycles. The van der Waals surface area contributed by atoms with Crippen molar-refractivity contribution in [1.29, 1.82) is 0 Å². The van der Waals surface area contributed by atoms with E-state index < -0.39 is 5.97 Å². The molecule has 26 heavy (non-hydrogen) atoms. The van der Waals surface area contributed by atoms with Gasteiger partial charge in [0.05, 0.1) is 12.1 Å². The predicted molar refractivity (Wildman–Crippen MR) is 93.7 cm³/mol. The van der Waals surface area contributed by atoms with Crippen molar-refractivity contribution < 1.29 is 24.2 Å². The van der Waals surface area contributed by atoms with Gasteiger partial charge in [0, 0.05) is 12.7 Å². The molecule has 0 saturated carbocycles. The number of amides is 1. The monoisotopic (exact) mass is 356 g/mol. The molecule has 0 bridgehead atoms. The number of benzene rings is 1. The number of nitrogens with zero attached hydrogens (tertiary/aromatic N) is 2. The van der Waals surface area contributed by atoms with Crippen LogP contribution in [0, 0.1) is 0 Å². The predicted octanol–water partition coefficient (Wildman–Crippen LogP) is 2.47. The Labute approximate surface area is 151 Å². The van der Waals surface area contributed by atoms with Gasteiger partial charge in [-0.1, -0.05) is 19.1 Å². The molecule has 3 rings (SSSR count). The minimum absolute atomic E-state index is 0.0456. The average Bonchev–Trinajstić information content (AvgIpc) is 2.67. The Morgan fingerprint density at radius 1 is 1.23 bits per heavy atom. The molecule has 2 aromatic rings. The Hall–Kier alpha value is -3.09. The second-order valence-electron chi connectivity index (χ2n) is 5.99. The number of carboxylic acid groups (broad SMARTS) is 1. The molecule has 1 aliphatic rings. The highest BCUT2D eigenvalue weighted by atomic mass is 16.6. The van der Waals surface area contributed by atoms with Crippen molar-refractivity contribution in [2.75, 3.05) is 19.7 Å². The quantitative estimate of drug-likeness (QED) is 0.855. The van der Waals surface area contributed by atoms with E-state index in [1.807, 2.05) is 31.2 Å². The number of ether oxygens (including phenoxy) is 2. The summed E-state index contributed by atoms with van der Waals surface area (Å²) >= 11 is 0. The Balaban J connectivity index is 1.70. The van der Waals surface area contributed by atoms with E-state index in [0.29, 0.717) is 31.2 Å². The molecule has 0 radical (unpaired) electrons. The molecule has 0 spiro atoms. The van der Waals surface area contributed by atoms with Gasteiger partial charge >= 0.3 is 5.97 Å². The summed E-state index contributed by atoms with van der Waals surface area (Å²) in [7, 11) is 0. The van der Waals surface area contributed by atoms with E-state index >= 15 is 0 Å². The summed E-state index contributed by atoms with van der Waals surface area (Å²) < 4.78 is 11.6. The zero-order chi connectivity index (χ0) is 18.5. The fourth-order valence-electron chi connectivity index (χ4n) is 2.75. The number of carbonyl (C=O) groups is 2. The highest BCUT2D eigenvalue weighted by molar-refractivity contribution is 5.93. The summed E-state index contributed by atoms with van der Waals surface area (Å²) in [6, 6.07) is 10.2. The van der Waals surface area contributed by atoms with Gasteiger partial charge in [-0.25, -0.2) is 4.79 Å². The number of hydrogen-bond donors (Lipinski definition) is 1. The number of rotatable bonds is 6. The van der Waals surface area contributed by atoms with Crippen LogP contribution in [0.5, 0.6) is 11.5 Å². The third kappa shape index (κ3) is 3.93. The standard InChI is InChI=1S/C19H20N2O5/c1-2-9-21(18(22)15-8-7-13(10-20-15)19(23)24)11-14-12-25-16-5-3-4-6-17(16)26-14/h3-8,10,14H,2,9,11-12H2,1H3,(H,23,24). The van der Waals surface area contributed by atoms with Gasteiger partial charge in [0.2, 0.25) is 0 Å². The van der Waals surface area contributed by atoms with Crippen molar-refractivity contribution in [1.82, 2.24) is 9.88 Å². The fourth-order valence-corrected chi connectivity index (χ4v) is 2.75. The van der Waals surface area contributed by atoms with Gasteiger partial charge in [-0.2, -0.15) is 0 Å². The highest BCUT2D eigenvalue weighted by Crippen LogP contribution is 2.31. The van der Waals surface area contributed by atoms with Crippen molar-refractivity contribution in [3.63, 3.8) is 0 Å². The van der Waals surface area contributed by atoms with Gasteiger partial charge in [-0.05, 0) is 30.7 Å². The lowest BCUT2D eigenvalue weighted by Gasteiger charge is -2.31. The Morgan fingerprint density at radius 2 is 2.00 bits per heavy atom. The lowest BCUT2D eigenvalue weighted by molar-refractivity contribution is 0.0458. The lowest BCUT2D eigenvalue weighted by atomic mass is 10.2. The first-order chi connectivity index (χ1) is 12.6. The summed E-state index contributed by atoms with van der Waals surface area (Å²) in [5.41, 5.74) is 0.254. The maximum absolute atomic E-state index is 12.8. The molecule has 0 fully saturated rings. The average molecular weight is 356 g/mol. The van der Waals surface area contributed by atoms with Crippen molar-refractivity contribution in [2.45, 2.75) is 19.4 Å². The third-order valence-corrected chi connectivity index (χ3v) is 4.00. The molecule has 1 aromatic heterocycles. The van der Waals surface area contributed by atoms with E-state index in [0.717, 1.165) is 6.42 Å². The topological polar surface area (TPSA) is 89.0 Å². The Bertz CT molecular complexity index is 791. The van der Waals surface area contributed by atoms with Crippen LogP contribution >= 0.6 is 0 Å². The van der Waals surface area contributed by atoms with E-state index in [2.05, 4.69) is 4.98 Å². The van der Waals surface area contributed by atoms with Crippen molar-refractivity contribution in [3.8, 4) is 11.5 Å². The van der Waals surface area contributed by atoms with Crippen LogP contribution in [-0.2, 0) is 0 Å². The molecular weight excluding hydrogens is 336 g/mol. The molecule has 7 nitrogen and oxygen atoms in total. The van der Waals surface area contributed by atoms with Gasteiger partial charge in [-0.15, -0.1) is 0 Å². The van der Waals surface area contributed by atoms with E-state index in [9.17, 15) is 9.59 Å².